The summed E-state index contributed by atoms with van der Waals surface area (Å²) in [5, 5.41) is 7.85. The van der Waals surface area contributed by atoms with Gasteiger partial charge in [-0.15, -0.1) is 0 Å². The highest BCUT2D eigenvalue weighted by atomic mass is 15.3. The summed E-state index contributed by atoms with van der Waals surface area (Å²) < 4.78 is 2.06. The molecule has 0 bridgehead atoms. The first-order chi connectivity index (χ1) is 10.2. The van der Waals surface area contributed by atoms with Gasteiger partial charge in [-0.1, -0.05) is 38.1 Å². The number of hydrogen-bond acceptors (Lipinski definition) is 3. The predicted molar refractivity (Wildman–Crippen MR) is 84.3 cm³/mol. The van der Waals surface area contributed by atoms with Crippen LogP contribution in [0.5, 0.6) is 0 Å². The Morgan fingerprint density at radius 2 is 2.14 bits per heavy atom. The van der Waals surface area contributed by atoms with Gasteiger partial charge in [-0.25, -0.2) is 9.67 Å². The van der Waals surface area contributed by atoms with Gasteiger partial charge in [-0.05, 0) is 30.5 Å². The molecule has 1 aliphatic rings. The lowest BCUT2D eigenvalue weighted by atomic mass is 9.72. The molecule has 3 rings (SSSR count). The standard InChI is InChI=1S/C17H24N4/c1-12(2)10-21-17(19-11-20-21)9-16(18-3)15-8-13-6-4-5-7-14(13)15/h4-7,11-12,15-16,18H,8-10H2,1-3H3. The van der Waals surface area contributed by atoms with E-state index in [1.165, 1.54) is 17.5 Å². The molecule has 0 spiro atoms. The molecule has 2 atom stereocenters. The first-order valence-electron chi connectivity index (χ1n) is 7.80. The van der Waals surface area contributed by atoms with E-state index in [9.17, 15) is 0 Å². The van der Waals surface area contributed by atoms with E-state index in [-0.39, 0.29) is 0 Å². The van der Waals surface area contributed by atoms with Crippen LogP contribution in [0.1, 0.15) is 36.7 Å². The van der Waals surface area contributed by atoms with Crippen LogP contribution in [0, 0.1) is 5.92 Å². The summed E-state index contributed by atoms with van der Waals surface area (Å²) in [7, 11) is 2.05. The summed E-state index contributed by atoms with van der Waals surface area (Å²) in [5.41, 5.74) is 2.98. The number of aromatic nitrogens is 3. The largest absolute Gasteiger partial charge is 0.316 e. The summed E-state index contributed by atoms with van der Waals surface area (Å²) in [5.74, 6) is 2.27. The average molecular weight is 284 g/mol. The highest BCUT2D eigenvalue weighted by molar-refractivity contribution is 5.41. The highest BCUT2D eigenvalue weighted by Crippen LogP contribution is 2.38. The zero-order valence-corrected chi connectivity index (χ0v) is 13.1. The minimum atomic E-state index is 0.426. The quantitative estimate of drug-likeness (QED) is 0.886. The topological polar surface area (TPSA) is 42.7 Å². The van der Waals surface area contributed by atoms with E-state index in [0.717, 1.165) is 18.8 Å². The van der Waals surface area contributed by atoms with Crippen LogP contribution in [0.25, 0.3) is 0 Å². The van der Waals surface area contributed by atoms with Crippen molar-refractivity contribution in [1.82, 2.24) is 20.1 Å². The van der Waals surface area contributed by atoms with Gasteiger partial charge in [0.05, 0.1) is 0 Å². The van der Waals surface area contributed by atoms with Crippen LogP contribution in [0.4, 0.5) is 0 Å². The summed E-state index contributed by atoms with van der Waals surface area (Å²) in [6.07, 6.45) is 3.78. The third-order valence-electron chi connectivity index (χ3n) is 4.39. The van der Waals surface area contributed by atoms with Gasteiger partial charge in [-0.3, -0.25) is 0 Å². The molecule has 0 fully saturated rings. The van der Waals surface area contributed by atoms with E-state index in [1.807, 2.05) is 0 Å². The van der Waals surface area contributed by atoms with Crippen molar-refractivity contribution in [2.45, 2.75) is 45.2 Å². The van der Waals surface area contributed by atoms with Crippen molar-refractivity contribution in [1.29, 1.82) is 0 Å². The molecule has 0 saturated heterocycles. The third kappa shape index (κ3) is 2.86. The Labute approximate surface area is 126 Å². The molecule has 0 saturated carbocycles. The van der Waals surface area contributed by atoms with Crippen molar-refractivity contribution in [3.8, 4) is 0 Å². The van der Waals surface area contributed by atoms with Gasteiger partial charge in [0, 0.05) is 24.9 Å². The van der Waals surface area contributed by atoms with Crippen molar-refractivity contribution >= 4 is 0 Å². The normalized spacial score (nSPS) is 18.4. The van der Waals surface area contributed by atoms with Crippen LogP contribution in [-0.4, -0.2) is 27.9 Å². The molecule has 1 heterocycles. The van der Waals surface area contributed by atoms with Crippen LogP contribution in [0.2, 0.25) is 0 Å². The minimum absolute atomic E-state index is 0.426. The zero-order valence-electron chi connectivity index (χ0n) is 13.1. The molecule has 0 aliphatic heterocycles. The highest BCUT2D eigenvalue weighted by Gasteiger charge is 2.32. The zero-order chi connectivity index (χ0) is 14.8. The second kappa shape index (κ2) is 5.98. The summed E-state index contributed by atoms with van der Waals surface area (Å²) >= 11 is 0. The Morgan fingerprint density at radius 1 is 1.33 bits per heavy atom. The number of rotatable bonds is 6. The van der Waals surface area contributed by atoms with Crippen molar-refractivity contribution in [2.75, 3.05) is 7.05 Å². The average Bonchev–Trinajstić information content (AvgIpc) is 2.85. The van der Waals surface area contributed by atoms with Crippen molar-refractivity contribution in [3.05, 3.63) is 47.5 Å². The van der Waals surface area contributed by atoms with E-state index in [0.29, 0.717) is 17.9 Å². The predicted octanol–water partition coefficient (Wildman–Crippen LogP) is 2.40. The van der Waals surface area contributed by atoms with E-state index in [4.69, 9.17) is 0 Å². The summed E-state index contributed by atoms with van der Waals surface area (Å²) in [4.78, 5) is 4.47. The first kappa shape index (κ1) is 14.3. The lowest BCUT2D eigenvalue weighted by Gasteiger charge is -2.36. The number of benzene rings is 1. The number of likely N-dealkylation sites (N-methyl/N-ethyl adjacent to an activating group) is 1. The Balaban J connectivity index is 1.73. The molecule has 1 aromatic heterocycles. The molecule has 112 valence electrons. The lowest BCUT2D eigenvalue weighted by molar-refractivity contribution is 0.396. The maximum absolute atomic E-state index is 4.47. The van der Waals surface area contributed by atoms with E-state index in [1.54, 1.807) is 6.33 Å². The number of nitrogens with zero attached hydrogens (tertiary/aromatic N) is 3. The Hall–Kier alpha value is -1.68. The molecular weight excluding hydrogens is 260 g/mol. The summed E-state index contributed by atoms with van der Waals surface area (Å²) in [6.45, 7) is 5.36. The van der Waals surface area contributed by atoms with Crippen LogP contribution in [0.3, 0.4) is 0 Å². The van der Waals surface area contributed by atoms with Gasteiger partial charge in [-0.2, -0.15) is 5.10 Å². The van der Waals surface area contributed by atoms with Gasteiger partial charge in [0.25, 0.3) is 0 Å². The van der Waals surface area contributed by atoms with Gasteiger partial charge >= 0.3 is 0 Å². The molecule has 2 aromatic rings. The van der Waals surface area contributed by atoms with E-state index >= 15 is 0 Å². The van der Waals surface area contributed by atoms with Crippen molar-refractivity contribution in [2.24, 2.45) is 5.92 Å². The fourth-order valence-corrected chi connectivity index (χ4v) is 3.24. The van der Waals surface area contributed by atoms with Gasteiger partial charge in [0.1, 0.15) is 12.2 Å². The van der Waals surface area contributed by atoms with E-state index in [2.05, 4.69) is 65.2 Å². The first-order valence-corrected chi connectivity index (χ1v) is 7.80. The molecule has 1 aromatic carbocycles. The third-order valence-corrected chi connectivity index (χ3v) is 4.39. The SMILES string of the molecule is CNC(Cc1ncnn1CC(C)C)C1Cc2ccccc21. The van der Waals surface area contributed by atoms with Gasteiger partial charge in [0.15, 0.2) is 0 Å². The smallest absolute Gasteiger partial charge is 0.138 e. The van der Waals surface area contributed by atoms with Gasteiger partial charge < -0.3 is 5.32 Å². The van der Waals surface area contributed by atoms with Crippen LogP contribution < -0.4 is 5.32 Å². The molecule has 2 unspecified atom stereocenters. The van der Waals surface area contributed by atoms with E-state index < -0.39 is 0 Å². The molecule has 1 N–H and O–H groups in total. The second-order valence-electron chi connectivity index (χ2n) is 6.36. The minimum Gasteiger partial charge on any atom is -0.316 e. The van der Waals surface area contributed by atoms with Gasteiger partial charge in [0.2, 0.25) is 0 Å². The Bertz CT molecular complexity index is 602. The maximum atomic E-state index is 4.47. The van der Waals surface area contributed by atoms with Crippen molar-refractivity contribution in [3.63, 3.8) is 0 Å². The fourth-order valence-electron chi connectivity index (χ4n) is 3.24. The van der Waals surface area contributed by atoms with Crippen LogP contribution in [0.15, 0.2) is 30.6 Å². The molecule has 0 radical (unpaired) electrons. The van der Waals surface area contributed by atoms with Crippen molar-refractivity contribution < 1.29 is 0 Å². The number of hydrogen-bond donors (Lipinski definition) is 1. The fraction of sp³-hybridized carbons (Fsp3) is 0.529. The number of nitrogens with one attached hydrogen (secondary N) is 1. The molecule has 4 nitrogen and oxygen atoms in total. The molecule has 21 heavy (non-hydrogen) atoms. The lowest BCUT2D eigenvalue weighted by Crippen LogP contribution is -2.40. The van der Waals surface area contributed by atoms with Crippen LogP contribution >= 0.6 is 0 Å². The number of fused-ring (bicyclic) bond motifs is 1. The summed E-state index contributed by atoms with van der Waals surface area (Å²) in [6, 6.07) is 9.18. The Morgan fingerprint density at radius 3 is 2.86 bits per heavy atom. The molecule has 0 amide bonds. The Kier molecular flexibility index (Phi) is 4.06. The van der Waals surface area contributed by atoms with Crippen LogP contribution in [-0.2, 0) is 19.4 Å². The molecular formula is C17H24N4. The molecule has 1 aliphatic carbocycles. The monoisotopic (exact) mass is 284 g/mol. The molecule has 4 heteroatoms. The second-order valence-corrected chi connectivity index (χ2v) is 6.36. The maximum Gasteiger partial charge on any atom is 0.138 e.